The van der Waals surface area contributed by atoms with Crippen molar-refractivity contribution in [2.75, 3.05) is 39.3 Å². The van der Waals surface area contributed by atoms with E-state index in [1.54, 1.807) is 0 Å². The van der Waals surface area contributed by atoms with E-state index in [2.05, 4.69) is 37.5 Å². The van der Waals surface area contributed by atoms with Gasteiger partial charge in [0, 0.05) is 13.1 Å². The number of likely N-dealkylation sites (N-methyl/N-ethyl adjacent to an activating group) is 2. The molecule has 2 unspecified atom stereocenters. The maximum Gasteiger partial charge on any atom is 0.310 e. The molecule has 2 rings (SSSR count). The van der Waals surface area contributed by atoms with E-state index in [9.17, 15) is 9.59 Å². The summed E-state index contributed by atoms with van der Waals surface area (Å²) in [7, 11) is 0. The van der Waals surface area contributed by atoms with Gasteiger partial charge in [-0.25, -0.2) is 0 Å². The second-order valence-electron chi connectivity index (χ2n) is 8.90. The van der Waals surface area contributed by atoms with Gasteiger partial charge in [-0.1, -0.05) is 88.4 Å². The fourth-order valence-electron chi connectivity index (χ4n) is 3.82. The first-order valence-electron chi connectivity index (χ1n) is 13.2. The lowest BCUT2D eigenvalue weighted by Gasteiger charge is -2.22. The zero-order valence-electron chi connectivity index (χ0n) is 23.5. The summed E-state index contributed by atoms with van der Waals surface area (Å²) in [6.45, 7) is 17.9. The number of hydrogen-bond donors (Lipinski definition) is 0. The van der Waals surface area contributed by atoms with Gasteiger partial charge in [-0.05, 0) is 51.2 Å². The summed E-state index contributed by atoms with van der Waals surface area (Å²) in [5.41, 5.74) is 2.00. The minimum atomic E-state index is -0.152. The molecule has 0 aromatic heterocycles. The standard InChI is InChI=1S/2C15H23NO2.ClH/c2*1-4-16(5-2)12-13(3)18-15(17)11-14-9-7-6-8-10-14;/h2*6-10,13H,4-5,11-12H2,1-3H3;1H. The molecule has 0 amide bonds. The Bertz CT molecular complexity index is 772. The zero-order chi connectivity index (χ0) is 26.8. The lowest BCUT2D eigenvalue weighted by Crippen LogP contribution is -2.33. The van der Waals surface area contributed by atoms with Crippen molar-refractivity contribution in [3.05, 3.63) is 71.8 Å². The molecule has 0 N–H and O–H groups in total. The number of hydrogen-bond acceptors (Lipinski definition) is 6. The highest BCUT2D eigenvalue weighted by molar-refractivity contribution is 5.85. The maximum absolute atomic E-state index is 11.7. The van der Waals surface area contributed by atoms with Crippen LogP contribution >= 0.6 is 12.4 Å². The Balaban J connectivity index is 0.000000682. The van der Waals surface area contributed by atoms with Crippen LogP contribution in [0.1, 0.15) is 52.7 Å². The lowest BCUT2D eigenvalue weighted by atomic mass is 10.1. The first kappa shape index (κ1) is 34.6. The van der Waals surface area contributed by atoms with Crippen molar-refractivity contribution >= 4 is 24.3 Å². The number of ether oxygens (including phenoxy) is 2. The Labute approximate surface area is 230 Å². The van der Waals surface area contributed by atoms with Gasteiger partial charge in [-0.15, -0.1) is 12.4 Å². The van der Waals surface area contributed by atoms with Crippen LogP contribution in [0.25, 0.3) is 0 Å². The van der Waals surface area contributed by atoms with Crippen LogP contribution in [0.2, 0.25) is 0 Å². The highest BCUT2D eigenvalue weighted by Crippen LogP contribution is 2.05. The monoisotopic (exact) mass is 534 g/mol. The number of esters is 2. The van der Waals surface area contributed by atoms with E-state index in [1.807, 2.05) is 74.5 Å². The lowest BCUT2D eigenvalue weighted by molar-refractivity contribution is -0.149. The summed E-state index contributed by atoms with van der Waals surface area (Å²) in [6, 6.07) is 19.4. The van der Waals surface area contributed by atoms with Gasteiger partial charge in [0.05, 0.1) is 12.8 Å². The third kappa shape index (κ3) is 16.1. The molecule has 6 nitrogen and oxygen atoms in total. The zero-order valence-corrected chi connectivity index (χ0v) is 24.3. The highest BCUT2D eigenvalue weighted by atomic mass is 35.5. The van der Waals surface area contributed by atoms with Gasteiger partial charge in [0.1, 0.15) is 12.2 Å². The van der Waals surface area contributed by atoms with Gasteiger partial charge >= 0.3 is 11.9 Å². The molecular formula is C30H47ClN2O4. The Morgan fingerprint density at radius 2 is 0.919 bits per heavy atom. The fourth-order valence-corrected chi connectivity index (χ4v) is 3.82. The van der Waals surface area contributed by atoms with E-state index >= 15 is 0 Å². The number of carbonyl (C=O) groups is 2. The van der Waals surface area contributed by atoms with Crippen LogP contribution in [0.4, 0.5) is 0 Å². The SMILES string of the molecule is CCN(CC)CC(C)OC(=O)Cc1ccccc1.CCN(CC)CC(C)OC(=O)Cc1ccccc1.Cl. The van der Waals surface area contributed by atoms with Crippen LogP contribution in [-0.4, -0.2) is 73.2 Å². The minimum Gasteiger partial charge on any atom is -0.461 e. The topological polar surface area (TPSA) is 59.1 Å². The third-order valence-corrected chi connectivity index (χ3v) is 5.87. The number of benzene rings is 2. The Hall–Kier alpha value is -2.41. The largest absolute Gasteiger partial charge is 0.461 e. The molecule has 0 aliphatic carbocycles. The molecule has 0 aliphatic heterocycles. The van der Waals surface area contributed by atoms with E-state index in [0.29, 0.717) is 12.8 Å². The van der Waals surface area contributed by atoms with Gasteiger partial charge < -0.3 is 19.3 Å². The van der Waals surface area contributed by atoms with Gasteiger partial charge in [-0.2, -0.15) is 0 Å². The number of nitrogens with zero attached hydrogens (tertiary/aromatic N) is 2. The Morgan fingerprint density at radius 3 is 1.19 bits per heavy atom. The molecule has 0 radical (unpaired) electrons. The van der Waals surface area contributed by atoms with E-state index < -0.39 is 0 Å². The second kappa shape index (κ2) is 20.6. The molecule has 37 heavy (non-hydrogen) atoms. The van der Waals surface area contributed by atoms with Crippen molar-refractivity contribution in [3.63, 3.8) is 0 Å². The fraction of sp³-hybridized carbons (Fsp3) is 0.533. The summed E-state index contributed by atoms with van der Waals surface area (Å²) in [6.07, 6.45) is 0.592. The first-order chi connectivity index (χ1) is 17.3. The van der Waals surface area contributed by atoms with Crippen molar-refractivity contribution < 1.29 is 19.1 Å². The van der Waals surface area contributed by atoms with Gasteiger partial charge in [0.15, 0.2) is 0 Å². The molecular weight excluding hydrogens is 488 g/mol. The molecule has 0 spiro atoms. The molecule has 0 aliphatic rings. The number of carbonyl (C=O) groups excluding carboxylic acids is 2. The van der Waals surface area contributed by atoms with Gasteiger partial charge in [0.25, 0.3) is 0 Å². The van der Waals surface area contributed by atoms with Crippen LogP contribution < -0.4 is 0 Å². The van der Waals surface area contributed by atoms with Crippen molar-refractivity contribution in [3.8, 4) is 0 Å². The van der Waals surface area contributed by atoms with Crippen molar-refractivity contribution in [2.45, 2.75) is 66.6 Å². The Kier molecular flexibility index (Phi) is 19.3. The summed E-state index contributed by atoms with van der Waals surface area (Å²) in [4.78, 5) is 28.0. The Morgan fingerprint density at radius 1 is 0.622 bits per heavy atom. The molecule has 2 aromatic carbocycles. The van der Waals surface area contributed by atoms with Gasteiger partial charge in [0.2, 0.25) is 0 Å². The predicted octanol–water partition coefficient (Wildman–Crippen LogP) is 5.43. The van der Waals surface area contributed by atoms with Crippen molar-refractivity contribution in [1.82, 2.24) is 9.80 Å². The van der Waals surface area contributed by atoms with Crippen LogP contribution in [-0.2, 0) is 31.9 Å². The predicted molar refractivity (Wildman–Crippen MR) is 154 cm³/mol. The van der Waals surface area contributed by atoms with Crippen LogP contribution in [0.3, 0.4) is 0 Å². The highest BCUT2D eigenvalue weighted by Gasteiger charge is 2.13. The van der Waals surface area contributed by atoms with Crippen LogP contribution in [0.5, 0.6) is 0 Å². The average Bonchev–Trinajstić information content (AvgIpc) is 2.87. The number of halogens is 1. The quantitative estimate of drug-likeness (QED) is 0.301. The normalized spacial score (nSPS) is 12.1. The van der Waals surface area contributed by atoms with Crippen LogP contribution in [0, 0.1) is 0 Å². The van der Waals surface area contributed by atoms with E-state index in [0.717, 1.165) is 50.4 Å². The summed E-state index contributed by atoms with van der Waals surface area (Å²) in [5, 5.41) is 0. The summed E-state index contributed by atoms with van der Waals surface area (Å²) >= 11 is 0. The molecule has 0 fully saturated rings. The van der Waals surface area contributed by atoms with Crippen LogP contribution in [0.15, 0.2) is 60.7 Å². The summed E-state index contributed by atoms with van der Waals surface area (Å²) in [5.74, 6) is -0.304. The number of rotatable bonds is 14. The van der Waals surface area contributed by atoms with Crippen molar-refractivity contribution in [2.24, 2.45) is 0 Å². The molecule has 2 aromatic rings. The third-order valence-electron chi connectivity index (χ3n) is 5.87. The molecule has 7 heteroatoms. The average molecular weight is 535 g/mol. The smallest absolute Gasteiger partial charge is 0.310 e. The van der Waals surface area contributed by atoms with E-state index in [-0.39, 0.29) is 36.6 Å². The van der Waals surface area contributed by atoms with E-state index in [1.165, 1.54) is 0 Å². The minimum absolute atomic E-state index is 0. The molecule has 0 saturated carbocycles. The molecule has 0 bridgehead atoms. The summed E-state index contributed by atoms with van der Waals surface area (Å²) < 4.78 is 10.8. The molecule has 0 saturated heterocycles. The molecule has 208 valence electrons. The second-order valence-corrected chi connectivity index (χ2v) is 8.90. The van der Waals surface area contributed by atoms with E-state index in [4.69, 9.17) is 9.47 Å². The molecule has 2 atom stereocenters. The van der Waals surface area contributed by atoms with Gasteiger partial charge in [-0.3, -0.25) is 9.59 Å². The maximum atomic E-state index is 11.7. The first-order valence-corrected chi connectivity index (χ1v) is 13.2. The molecule has 0 heterocycles. The van der Waals surface area contributed by atoms with Crippen molar-refractivity contribution in [1.29, 1.82) is 0 Å².